The smallest absolute Gasteiger partial charge is 0.405 e. The number of amides is 2. The number of aromatic nitrogens is 1. The van der Waals surface area contributed by atoms with Gasteiger partial charge in [0.2, 0.25) is 5.91 Å². The summed E-state index contributed by atoms with van der Waals surface area (Å²) in [6, 6.07) is 17.7. The summed E-state index contributed by atoms with van der Waals surface area (Å²) in [7, 11) is 1.71. The monoisotopic (exact) mass is 379 g/mol. The van der Waals surface area contributed by atoms with Gasteiger partial charge in [0.15, 0.2) is 0 Å². The minimum Gasteiger partial charge on any atom is -0.465 e. The minimum absolute atomic E-state index is 0.254. The van der Waals surface area contributed by atoms with Gasteiger partial charge >= 0.3 is 6.09 Å². The molecule has 28 heavy (non-hydrogen) atoms. The second-order valence-corrected chi connectivity index (χ2v) is 7.26. The normalized spacial score (nSPS) is 13.1. The maximum absolute atomic E-state index is 13.2. The van der Waals surface area contributed by atoms with E-state index < -0.39 is 11.6 Å². The van der Waals surface area contributed by atoms with Crippen molar-refractivity contribution >= 4 is 22.9 Å². The summed E-state index contributed by atoms with van der Waals surface area (Å²) in [5, 5.41) is 12.8. The first-order valence-corrected chi connectivity index (χ1v) is 9.24. The van der Waals surface area contributed by atoms with Crippen LogP contribution in [0, 0.1) is 0 Å². The van der Waals surface area contributed by atoms with E-state index in [1.807, 2.05) is 60.8 Å². The lowest BCUT2D eigenvalue weighted by Crippen LogP contribution is -2.58. The Hall–Kier alpha value is -3.28. The fourth-order valence-electron chi connectivity index (χ4n) is 3.53. The highest BCUT2D eigenvalue weighted by atomic mass is 16.4. The maximum Gasteiger partial charge on any atom is 0.405 e. The van der Waals surface area contributed by atoms with E-state index in [-0.39, 0.29) is 12.3 Å². The molecule has 2 aromatic carbocycles. The van der Waals surface area contributed by atoms with Crippen LogP contribution in [0.2, 0.25) is 0 Å². The maximum atomic E-state index is 13.2. The van der Waals surface area contributed by atoms with Crippen LogP contribution in [0.3, 0.4) is 0 Å². The zero-order valence-electron chi connectivity index (χ0n) is 16.1. The number of nitrogens with one attached hydrogen (secondary N) is 2. The third kappa shape index (κ3) is 4.34. The van der Waals surface area contributed by atoms with Gasteiger partial charge in [-0.05, 0) is 30.5 Å². The molecule has 3 N–H and O–H groups in total. The lowest BCUT2D eigenvalue weighted by atomic mass is 9.91. The molecule has 146 valence electrons. The molecule has 6 nitrogen and oxygen atoms in total. The van der Waals surface area contributed by atoms with Crippen LogP contribution >= 0.6 is 0 Å². The van der Waals surface area contributed by atoms with Crippen molar-refractivity contribution in [2.75, 3.05) is 13.6 Å². The Morgan fingerprint density at radius 2 is 1.79 bits per heavy atom. The van der Waals surface area contributed by atoms with E-state index in [2.05, 4.69) is 10.3 Å². The molecule has 0 aliphatic carbocycles. The fourth-order valence-corrected chi connectivity index (χ4v) is 3.53. The second kappa shape index (κ2) is 8.17. The van der Waals surface area contributed by atoms with Crippen molar-refractivity contribution in [3.8, 4) is 0 Å². The van der Waals surface area contributed by atoms with Crippen LogP contribution in [0.4, 0.5) is 4.79 Å². The van der Waals surface area contributed by atoms with Crippen LogP contribution in [0.15, 0.2) is 60.8 Å². The predicted octanol–water partition coefficient (Wildman–Crippen LogP) is 3.44. The fraction of sp³-hybridized carbons (Fsp3) is 0.273. The molecule has 0 saturated carbocycles. The third-order valence-electron chi connectivity index (χ3n) is 5.00. The van der Waals surface area contributed by atoms with Crippen molar-refractivity contribution < 1.29 is 14.7 Å². The van der Waals surface area contributed by atoms with E-state index in [9.17, 15) is 14.7 Å². The van der Waals surface area contributed by atoms with E-state index in [4.69, 9.17) is 0 Å². The van der Waals surface area contributed by atoms with Gasteiger partial charge in [-0.3, -0.25) is 4.79 Å². The van der Waals surface area contributed by atoms with Gasteiger partial charge < -0.3 is 20.3 Å². The molecule has 0 aliphatic rings. The van der Waals surface area contributed by atoms with E-state index in [1.54, 1.807) is 18.9 Å². The number of carbonyl (C=O) groups is 2. The number of benzene rings is 2. The minimum atomic E-state index is -1.26. The quantitative estimate of drug-likeness (QED) is 0.588. The number of carboxylic acid groups (broad SMARTS) is 1. The predicted molar refractivity (Wildman–Crippen MR) is 109 cm³/mol. The summed E-state index contributed by atoms with van der Waals surface area (Å²) in [5.41, 5.74) is 1.73. The number of carbonyl (C=O) groups excluding carboxylic acids is 1. The highest BCUT2D eigenvalue weighted by molar-refractivity contribution is 5.91. The number of aromatic amines is 1. The highest BCUT2D eigenvalue weighted by Crippen LogP contribution is 2.24. The molecule has 0 saturated heterocycles. The van der Waals surface area contributed by atoms with E-state index in [1.165, 1.54) is 0 Å². The number of fused-ring (bicyclic) bond motifs is 1. The van der Waals surface area contributed by atoms with Crippen molar-refractivity contribution in [2.24, 2.45) is 0 Å². The average Bonchev–Trinajstić information content (AvgIpc) is 3.08. The lowest BCUT2D eigenvalue weighted by molar-refractivity contribution is -0.136. The summed E-state index contributed by atoms with van der Waals surface area (Å²) < 4.78 is 0. The second-order valence-electron chi connectivity index (χ2n) is 7.26. The molecule has 0 aliphatic heterocycles. The van der Waals surface area contributed by atoms with Crippen LogP contribution in [0.1, 0.15) is 18.1 Å². The van der Waals surface area contributed by atoms with Crippen molar-refractivity contribution in [1.29, 1.82) is 0 Å². The zero-order chi connectivity index (χ0) is 20.1. The van der Waals surface area contributed by atoms with Crippen LogP contribution in [0.25, 0.3) is 10.9 Å². The van der Waals surface area contributed by atoms with Crippen LogP contribution < -0.4 is 5.32 Å². The van der Waals surface area contributed by atoms with Gasteiger partial charge in [0, 0.05) is 37.1 Å². The summed E-state index contributed by atoms with van der Waals surface area (Å²) in [6.07, 6.45) is 1.59. The van der Waals surface area contributed by atoms with Crippen molar-refractivity contribution in [3.63, 3.8) is 0 Å². The molecular weight excluding hydrogens is 354 g/mol. The first-order valence-electron chi connectivity index (χ1n) is 9.24. The first kappa shape index (κ1) is 19.5. The van der Waals surface area contributed by atoms with Gasteiger partial charge in [0.25, 0.3) is 0 Å². The highest BCUT2D eigenvalue weighted by Gasteiger charge is 2.38. The Morgan fingerprint density at radius 1 is 1.11 bits per heavy atom. The van der Waals surface area contributed by atoms with Gasteiger partial charge in [0.05, 0.1) is 0 Å². The van der Waals surface area contributed by atoms with Crippen LogP contribution in [-0.4, -0.2) is 46.1 Å². The van der Waals surface area contributed by atoms with E-state index in [0.29, 0.717) is 13.0 Å². The Bertz CT molecular complexity index is 967. The first-order chi connectivity index (χ1) is 13.4. The van der Waals surface area contributed by atoms with Crippen LogP contribution in [-0.2, 0) is 17.6 Å². The van der Waals surface area contributed by atoms with Gasteiger partial charge in [0.1, 0.15) is 5.54 Å². The van der Waals surface area contributed by atoms with Gasteiger partial charge in [-0.15, -0.1) is 0 Å². The van der Waals surface area contributed by atoms with Crippen molar-refractivity contribution in [1.82, 2.24) is 15.2 Å². The molecule has 1 atom stereocenters. The molecule has 0 radical (unpaired) electrons. The molecule has 0 fully saturated rings. The van der Waals surface area contributed by atoms with E-state index in [0.717, 1.165) is 22.0 Å². The Balaban J connectivity index is 1.79. The average molecular weight is 379 g/mol. The van der Waals surface area contributed by atoms with Crippen LogP contribution in [0.5, 0.6) is 0 Å². The standard InChI is InChI=1S/C22H25N3O3/c1-22(24-21(27)28,14-17-15-23-19-11-7-6-10-18(17)19)20(26)25(2)13-12-16-8-4-3-5-9-16/h3-11,15,23-24H,12-14H2,1-2H3,(H,27,28). The number of hydrogen-bond acceptors (Lipinski definition) is 2. The Morgan fingerprint density at radius 3 is 2.50 bits per heavy atom. The lowest BCUT2D eigenvalue weighted by Gasteiger charge is -2.32. The number of hydrogen-bond donors (Lipinski definition) is 3. The molecule has 6 heteroatoms. The van der Waals surface area contributed by atoms with Gasteiger partial charge in [-0.2, -0.15) is 0 Å². The Kier molecular flexibility index (Phi) is 5.68. The molecular formula is C22H25N3O3. The molecule has 1 heterocycles. The molecule has 0 bridgehead atoms. The van der Waals surface area contributed by atoms with Gasteiger partial charge in [-0.25, -0.2) is 4.79 Å². The van der Waals surface area contributed by atoms with Crippen molar-refractivity contribution in [3.05, 3.63) is 71.9 Å². The molecule has 3 rings (SSSR count). The number of rotatable bonds is 7. The number of likely N-dealkylation sites (N-methyl/N-ethyl adjacent to an activating group) is 1. The number of para-hydroxylation sites is 1. The van der Waals surface area contributed by atoms with E-state index >= 15 is 0 Å². The SMILES string of the molecule is CN(CCc1ccccc1)C(=O)C(C)(Cc1c[nH]c2ccccc12)NC(=O)O. The molecule has 0 spiro atoms. The summed E-state index contributed by atoms with van der Waals surface area (Å²) >= 11 is 0. The molecule has 3 aromatic rings. The molecule has 1 unspecified atom stereocenters. The Labute approximate surface area is 164 Å². The van der Waals surface area contributed by atoms with Gasteiger partial charge in [-0.1, -0.05) is 48.5 Å². The zero-order valence-corrected chi connectivity index (χ0v) is 16.1. The number of H-pyrrole nitrogens is 1. The largest absolute Gasteiger partial charge is 0.465 e. The molecule has 2 amide bonds. The topological polar surface area (TPSA) is 85.4 Å². The summed E-state index contributed by atoms with van der Waals surface area (Å²) in [6.45, 7) is 2.15. The summed E-state index contributed by atoms with van der Waals surface area (Å²) in [5.74, 6) is -0.254. The number of nitrogens with zero attached hydrogens (tertiary/aromatic N) is 1. The summed E-state index contributed by atoms with van der Waals surface area (Å²) in [4.78, 5) is 29.4. The van der Waals surface area contributed by atoms with Crippen molar-refractivity contribution in [2.45, 2.75) is 25.3 Å². The third-order valence-corrected chi connectivity index (χ3v) is 5.00. The molecule has 1 aromatic heterocycles.